The first-order chi connectivity index (χ1) is 9.47. The number of amides is 2. The Kier molecular flexibility index (Phi) is 6.45. The van der Waals surface area contributed by atoms with Gasteiger partial charge in [0, 0.05) is 12.6 Å². The van der Waals surface area contributed by atoms with Gasteiger partial charge in [0.2, 0.25) is 0 Å². The average Bonchev–Trinajstić information content (AvgIpc) is 2.41. The van der Waals surface area contributed by atoms with Crippen LogP contribution in [-0.4, -0.2) is 36.6 Å². The van der Waals surface area contributed by atoms with Crippen molar-refractivity contribution in [2.75, 3.05) is 25.0 Å². The van der Waals surface area contributed by atoms with Crippen LogP contribution in [0.25, 0.3) is 0 Å². The van der Waals surface area contributed by atoms with Crippen LogP contribution in [0.5, 0.6) is 0 Å². The Balaban J connectivity index is 2.48. The molecule has 2 N–H and O–H groups in total. The molecular weight excluding hydrogens is 257 g/mol. The lowest BCUT2D eigenvalue weighted by Crippen LogP contribution is -2.43. The lowest BCUT2D eigenvalue weighted by Gasteiger charge is -2.26. The van der Waals surface area contributed by atoms with E-state index in [1.807, 2.05) is 0 Å². The summed E-state index contributed by atoms with van der Waals surface area (Å²) < 4.78 is 13.6. The second-order valence-corrected chi connectivity index (χ2v) is 4.89. The quantitative estimate of drug-likeness (QED) is 0.842. The molecule has 0 spiro atoms. The number of likely N-dealkylation sites (N-methyl/N-ethyl adjacent to an activating group) is 1. The largest absolute Gasteiger partial charge is 0.336 e. The van der Waals surface area contributed by atoms with Crippen molar-refractivity contribution in [2.24, 2.45) is 0 Å². The molecule has 4 nitrogen and oxygen atoms in total. The Hall–Kier alpha value is -1.62. The molecule has 2 amide bonds. The zero-order valence-electron chi connectivity index (χ0n) is 12.7. The molecule has 112 valence electrons. The number of hydrogen-bond acceptors (Lipinski definition) is 2. The van der Waals surface area contributed by atoms with E-state index in [9.17, 15) is 9.18 Å². The number of nitrogens with zero attached hydrogens (tertiary/aromatic N) is 1. The highest BCUT2D eigenvalue weighted by atomic mass is 19.1. The molecule has 0 aliphatic carbocycles. The molecule has 1 aromatic rings. The summed E-state index contributed by atoms with van der Waals surface area (Å²) in [6.07, 6.45) is 0. The number of carbonyl (C=O) groups excluding carboxylic acids is 1. The Labute approximate surface area is 120 Å². The summed E-state index contributed by atoms with van der Waals surface area (Å²) >= 11 is 0. The first-order valence-corrected chi connectivity index (χ1v) is 7.03. The zero-order valence-corrected chi connectivity index (χ0v) is 12.7. The maximum atomic E-state index is 13.6. The Bertz CT molecular complexity index is 447. The van der Waals surface area contributed by atoms with E-state index in [0.717, 1.165) is 18.7 Å². The summed E-state index contributed by atoms with van der Waals surface area (Å²) in [6, 6.07) is 4.59. The molecular formula is C15H24FN3O. The summed E-state index contributed by atoms with van der Waals surface area (Å²) in [5.74, 6) is -0.419. The molecule has 0 saturated carbocycles. The van der Waals surface area contributed by atoms with Gasteiger partial charge in [0.1, 0.15) is 5.82 Å². The molecule has 0 bridgehead atoms. The number of urea groups is 1. The minimum absolute atomic E-state index is 0.198. The molecule has 0 saturated heterocycles. The van der Waals surface area contributed by atoms with E-state index in [0.29, 0.717) is 6.54 Å². The normalized spacial score (nSPS) is 12.3. The predicted molar refractivity (Wildman–Crippen MR) is 80.5 cm³/mol. The monoisotopic (exact) mass is 281 g/mol. The molecule has 0 aliphatic heterocycles. The van der Waals surface area contributed by atoms with Crippen molar-refractivity contribution in [1.82, 2.24) is 10.2 Å². The minimum atomic E-state index is -0.419. The van der Waals surface area contributed by atoms with Crippen LogP contribution in [-0.2, 0) is 0 Å². The van der Waals surface area contributed by atoms with Crippen LogP contribution in [0.3, 0.4) is 0 Å². The molecule has 0 fully saturated rings. The molecule has 0 heterocycles. The van der Waals surface area contributed by atoms with Gasteiger partial charge in [0.25, 0.3) is 0 Å². The molecule has 0 aliphatic rings. The van der Waals surface area contributed by atoms with Gasteiger partial charge in [-0.05, 0) is 44.6 Å². The van der Waals surface area contributed by atoms with Gasteiger partial charge in [0.15, 0.2) is 0 Å². The van der Waals surface area contributed by atoms with E-state index in [4.69, 9.17) is 0 Å². The fourth-order valence-corrected chi connectivity index (χ4v) is 2.10. The van der Waals surface area contributed by atoms with E-state index in [-0.39, 0.29) is 17.8 Å². The molecule has 1 aromatic carbocycles. The third-order valence-corrected chi connectivity index (χ3v) is 3.37. The van der Waals surface area contributed by atoms with Crippen molar-refractivity contribution in [3.63, 3.8) is 0 Å². The smallest absolute Gasteiger partial charge is 0.319 e. The van der Waals surface area contributed by atoms with Crippen LogP contribution in [0.2, 0.25) is 0 Å². The van der Waals surface area contributed by atoms with Gasteiger partial charge in [0.05, 0.1) is 5.69 Å². The van der Waals surface area contributed by atoms with Crippen LogP contribution in [0.1, 0.15) is 26.3 Å². The van der Waals surface area contributed by atoms with E-state index in [1.54, 1.807) is 19.1 Å². The van der Waals surface area contributed by atoms with Crippen LogP contribution in [0, 0.1) is 12.7 Å². The van der Waals surface area contributed by atoms with Crippen LogP contribution in [0.4, 0.5) is 14.9 Å². The summed E-state index contributed by atoms with van der Waals surface area (Å²) in [4.78, 5) is 14.0. The number of anilines is 1. The molecule has 0 aromatic heterocycles. The summed E-state index contributed by atoms with van der Waals surface area (Å²) in [6.45, 7) is 10.4. The molecule has 0 radical (unpaired) electrons. The topological polar surface area (TPSA) is 44.4 Å². The maximum absolute atomic E-state index is 13.6. The zero-order chi connectivity index (χ0) is 15.1. The maximum Gasteiger partial charge on any atom is 0.319 e. The third-order valence-electron chi connectivity index (χ3n) is 3.37. The van der Waals surface area contributed by atoms with Gasteiger partial charge in [-0.3, -0.25) is 4.90 Å². The lowest BCUT2D eigenvalue weighted by atomic mass is 10.2. The van der Waals surface area contributed by atoms with Gasteiger partial charge < -0.3 is 10.6 Å². The average molecular weight is 281 g/mol. The van der Waals surface area contributed by atoms with Gasteiger partial charge >= 0.3 is 6.03 Å². The molecule has 0 unspecified atom stereocenters. The molecule has 1 atom stereocenters. The second-order valence-electron chi connectivity index (χ2n) is 4.89. The van der Waals surface area contributed by atoms with E-state index in [1.165, 1.54) is 6.07 Å². The number of benzene rings is 1. The van der Waals surface area contributed by atoms with Gasteiger partial charge in [-0.1, -0.05) is 19.9 Å². The number of carbonyl (C=O) groups is 1. The van der Waals surface area contributed by atoms with Gasteiger partial charge in [-0.2, -0.15) is 0 Å². The summed E-state index contributed by atoms with van der Waals surface area (Å²) in [5.41, 5.74) is 1.02. The number of halogens is 1. The molecule has 20 heavy (non-hydrogen) atoms. The van der Waals surface area contributed by atoms with Crippen molar-refractivity contribution in [3.8, 4) is 0 Å². The summed E-state index contributed by atoms with van der Waals surface area (Å²) in [5, 5.41) is 5.29. The van der Waals surface area contributed by atoms with Crippen LogP contribution < -0.4 is 10.6 Å². The fraction of sp³-hybridized carbons (Fsp3) is 0.533. The van der Waals surface area contributed by atoms with Crippen LogP contribution in [0.15, 0.2) is 18.2 Å². The Morgan fingerprint density at radius 1 is 1.35 bits per heavy atom. The highest BCUT2D eigenvalue weighted by Gasteiger charge is 2.12. The summed E-state index contributed by atoms with van der Waals surface area (Å²) in [7, 11) is 0. The SMILES string of the molecule is CCN(CC)[C@@H](C)CNC(=O)Nc1ccc(C)cc1F. The van der Waals surface area contributed by atoms with Crippen molar-refractivity contribution in [2.45, 2.75) is 33.7 Å². The van der Waals surface area contributed by atoms with Crippen LogP contribution >= 0.6 is 0 Å². The highest BCUT2D eigenvalue weighted by Crippen LogP contribution is 2.14. The van der Waals surface area contributed by atoms with Crippen molar-refractivity contribution < 1.29 is 9.18 Å². The molecule has 1 rings (SSSR count). The van der Waals surface area contributed by atoms with Crippen molar-refractivity contribution in [1.29, 1.82) is 0 Å². The predicted octanol–water partition coefficient (Wildman–Crippen LogP) is 2.99. The van der Waals surface area contributed by atoms with Gasteiger partial charge in [-0.25, -0.2) is 9.18 Å². The van der Waals surface area contributed by atoms with Crippen molar-refractivity contribution in [3.05, 3.63) is 29.6 Å². The van der Waals surface area contributed by atoms with E-state index >= 15 is 0 Å². The molecule has 5 heteroatoms. The van der Waals surface area contributed by atoms with Gasteiger partial charge in [-0.15, -0.1) is 0 Å². The first kappa shape index (κ1) is 16.4. The van der Waals surface area contributed by atoms with E-state index < -0.39 is 5.82 Å². The Morgan fingerprint density at radius 2 is 2.00 bits per heavy atom. The number of nitrogens with one attached hydrogen (secondary N) is 2. The second kappa shape index (κ2) is 7.85. The number of rotatable bonds is 6. The lowest BCUT2D eigenvalue weighted by molar-refractivity contribution is 0.219. The number of hydrogen-bond donors (Lipinski definition) is 2. The fourth-order valence-electron chi connectivity index (χ4n) is 2.10. The first-order valence-electron chi connectivity index (χ1n) is 7.03. The third kappa shape index (κ3) is 4.81. The Morgan fingerprint density at radius 3 is 2.55 bits per heavy atom. The minimum Gasteiger partial charge on any atom is -0.336 e. The van der Waals surface area contributed by atoms with E-state index in [2.05, 4.69) is 36.3 Å². The number of aryl methyl sites for hydroxylation is 1. The standard InChI is InChI=1S/C15H24FN3O/c1-5-19(6-2)12(4)10-17-15(20)18-14-8-7-11(3)9-13(14)16/h7-9,12H,5-6,10H2,1-4H3,(H2,17,18,20)/t12-/m0/s1. The van der Waals surface area contributed by atoms with Crippen molar-refractivity contribution >= 4 is 11.7 Å². The highest BCUT2D eigenvalue weighted by molar-refractivity contribution is 5.89.